The summed E-state index contributed by atoms with van der Waals surface area (Å²) in [6.45, 7) is 5.97. The Labute approximate surface area is 147 Å². The molecule has 1 amide bonds. The van der Waals surface area contributed by atoms with Crippen LogP contribution in [0.2, 0.25) is 5.02 Å². The normalized spacial score (nSPS) is 11.9. The number of ether oxygens (including phenoxy) is 2. The van der Waals surface area contributed by atoms with E-state index in [1.54, 1.807) is 32.2 Å². The van der Waals surface area contributed by atoms with E-state index in [-0.39, 0.29) is 5.91 Å². The molecular formula is C19H22ClNO3. The smallest absolute Gasteiger partial charge is 0.265 e. The quantitative estimate of drug-likeness (QED) is 0.810. The van der Waals surface area contributed by atoms with Crippen LogP contribution < -0.4 is 14.8 Å². The van der Waals surface area contributed by atoms with Gasteiger partial charge in [-0.25, -0.2) is 0 Å². The second-order valence-electron chi connectivity index (χ2n) is 5.82. The van der Waals surface area contributed by atoms with Crippen molar-refractivity contribution in [3.63, 3.8) is 0 Å². The van der Waals surface area contributed by atoms with E-state index in [1.807, 2.05) is 24.3 Å². The second-order valence-corrected chi connectivity index (χ2v) is 6.23. The number of benzene rings is 2. The molecule has 0 aliphatic heterocycles. The van der Waals surface area contributed by atoms with Gasteiger partial charge in [0.1, 0.15) is 11.5 Å². The molecular weight excluding hydrogens is 326 g/mol. The zero-order valence-corrected chi connectivity index (χ0v) is 15.1. The van der Waals surface area contributed by atoms with Gasteiger partial charge in [0.15, 0.2) is 6.10 Å². The highest BCUT2D eigenvalue weighted by molar-refractivity contribution is 6.32. The Bertz CT molecular complexity index is 698. The summed E-state index contributed by atoms with van der Waals surface area (Å²) in [4.78, 5) is 12.2. The molecule has 0 saturated heterocycles. The van der Waals surface area contributed by atoms with E-state index in [2.05, 4.69) is 19.2 Å². The van der Waals surface area contributed by atoms with Gasteiger partial charge in [0.05, 0.1) is 12.1 Å². The molecule has 0 saturated carbocycles. The van der Waals surface area contributed by atoms with Gasteiger partial charge in [0, 0.05) is 5.69 Å². The molecule has 1 unspecified atom stereocenters. The largest absolute Gasteiger partial charge is 0.495 e. The highest BCUT2D eigenvalue weighted by Crippen LogP contribution is 2.27. The van der Waals surface area contributed by atoms with Crippen molar-refractivity contribution in [2.45, 2.75) is 32.8 Å². The van der Waals surface area contributed by atoms with Crippen molar-refractivity contribution < 1.29 is 14.3 Å². The maximum absolute atomic E-state index is 12.2. The predicted molar refractivity (Wildman–Crippen MR) is 97.3 cm³/mol. The maximum atomic E-state index is 12.2. The monoisotopic (exact) mass is 347 g/mol. The number of methoxy groups -OCH3 is 1. The fraction of sp³-hybridized carbons (Fsp3) is 0.316. The average molecular weight is 348 g/mol. The van der Waals surface area contributed by atoms with Gasteiger partial charge in [0.25, 0.3) is 5.91 Å². The van der Waals surface area contributed by atoms with Crippen LogP contribution in [0.15, 0.2) is 42.5 Å². The van der Waals surface area contributed by atoms with E-state index in [4.69, 9.17) is 21.1 Å². The molecule has 1 atom stereocenters. The molecule has 0 aliphatic rings. The molecule has 0 aliphatic carbocycles. The lowest BCUT2D eigenvalue weighted by Crippen LogP contribution is -2.30. The molecule has 1 N–H and O–H groups in total. The molecule has 2 aromatic rings. The number of carbonyl (C=O) groups excluding carboxylic acids is 1. The first kappa shape index (κ1) is 18.1. The van der Waals surface area contributed by atoms with Crippen molar-refractivity contribution in [2.24, 2.45) is 0 Å². The summed E-state index contributed by atoms with van der Waals surface area (Å²) in [5, 5.41) is 3.22. The number of hydrogen-bond donors (Lipinski definition) is 1. The Morgan fingerprint density at radius 3 is 2.29 bits per heavy atom. The molecule has 4 nitrogen and oxygen atoms in total. The highest BCUT2D eigenvalue weighted by atomic mass is 35.5. The van der Waals surface area contributed by atoms with Gasteiger partial charge in [0.2, 0.25) is 0 Å². The van der Waals surface area contributed by atoms with Crippen LogP contribution in [0.4, 0.5) is 5.69 Å². The van der Waals surface area contributed by atoms with Crippen molar-refractivity contribution in [2.75, 3.05) is 12.4 Å². The lowest BCUT2D eigenvalue weighted by molar-refractivity contribution is -0.122. The van der Waals surface area contributed by atoms with E-state index < -0.39 is 6.10 Å². The average Bonchev–Trinajstić information content (AvgIpc) is 2.55. The minimum Gasteiger partial charge on any atom is -0.495 e. The van der Waals surface area contributed by atoms with Gasteiger partial charge < -0.3 is 14.8 Å². The first-order valence-electron chi connectivity index (χ1n) is 7.81. The van der Waals surface area contributed by atoms with Crippen molar-refractivity contribution in [3.05, 3.63) is 53.1 Å². The van der Waals surface area contributed by atoms with Crippen LogP contribution in [0.5, 0.6) is 11.5 Å². The first-order chi connectivity index (χ1) is 11.4. The Balaban J connectivity index is 1.97. The zero-order chi connectivity index (χ0) is 17.7. The van der Waals surface area contributed by atoms with E-state index >= 15 is 0 Å². The summed E-state index contributed by atoms with van der Waals surface area (Å²) >= 11 is 6.06. The van der Waals surface area contributed by atoms with Gasteiger partial charge in [-0.15, -0.1) is 0 Å². The van der Waals surface area contributed by atoms with Crippen molar-refractivity contribution in [3.8, 4) is 11.5 Å². The number of carbonyl (C=O) groups is 1. The predicted octanol–water partition coefficient (Wildman–Crippen LogP) is 4.88. The Morgan fingerprint density at radius 1 is 1.08 bits per heavy atom. The molecule has 0 radical (unpaired) electrons. The van der Waals surface area contributed by atoms with E-state index in [0.717, 1.165) is 0 Å². The SMILES string of the molecule is COc1ccc(NC(=O)C(C)Oc2ccc(C(C)C)cc2)cc1Cl. The topological polar surface area (TPSA) is 47.6 Å². The van der Waals surface area contributed by atoms with Gasteiger partial charge >= 0.3 is 0 Å². The number of amides is 1. The molecule has 2 aromatic carbocycles. The Morgan fingerprint density at radius 2 is 1.75 bits per heavy atom. The summed E-state index contributed by atoms with van der Waals surface area (Å²) in [6.07, 6.45) is -0.629. The molecule has 128 valence electrons. The lowest BCUT2D eigenvalue weighted by atomic mass is 10.0. The van der Waals surface area contributed by atoms with Gasteiger partial charge in [-0.2, -0.15) is 0 Å². The standard InChI is InChI=1S/C19H22ClNO3/c1-12(2)14-5-8-16(9-6-14)24-13(3)19(22)21-15-7-10-18(23-4)17(20)11-15/h5-13H,1-4H3,(H,21,22). The van der Waals surface area contributed by atoms with E-state index in [1.165, 1.54) is 5.56 Å². The molecule has 5 heteroatoms. The number of nitrogens with one attached hydrogen (secondary N) is 1. The van der Waals surface area contributed by atoms with Crippen LogP contribution in [-0.2, 0) is 4.79 Å². The van der Waals surface area contributed by atoms with E-state index in [9.17, 15) is 4.79 Å². The van der Waals surface area contributed by atoms with Crippen LogP contribution in [0.25, 0.3) is 0 Å². The number of halogens is 1. The number of anilines is 1. The first-order valence-corrected chi connectivity index (χ1v) is 8.19. The fourth-order valence-electron chi connectivity index (χ4n) is 2.18. The summed E-state index contributed by atoms with van der Waals surface area (Å²) in [5.41, 5.74) is 1.82. The number of rotatable bonds is 6. The van der Waals surface area contributed by atoms with E-state index in [0.29, 0.717) is 28.1 Å². The minimum absolute atomic E-state index is 0.246. The highest BCUT2D eigenvalue weighted by Gasteiger charge is 2.15. The van der Waals surface area contributed by atoms with Crippen LogP contribution in [0, 0.1) is 0 Å². The third-order valence-corrected chi connectivity index (χ3v) is 3.94. The van der Waals surface area contributed by atoms with Crippen LogP contribution >= 0.6 is 11.6 Å². The van der Waals surface area contributed by atoms with Crippen LogP contribution in [-0.4, -0.2) is 19.1 Å². The summed E-state index contributed by atoms with van der Waals surface area (Å²) in [6, 6.07) is 12.8. The summed E-state index contributed by atoms with van der Waals surface area (Å²) < 4.78 is 10.8. The third kappa shape index (κ3) is 4.65. The molecule has 0 fully saturated rings. The summed E-state index contributed by atoms with van der Waals surface area (Å²) in [7, 11) is 1.54. The second kappa shape index (κ2) is 8.06. The summed E-state index contributed by atoms with van der Waals surface area (Å²) in [5.74, 6) is 1.43. The Kier molecular flexibility index (Phi) is 6.10. The number of hydrogen-bond acceptors (Lipinski definition) is 3. The molecule has 0 bridgehead atoms. The molecule has 0 heterocycles. The molecule has 0 aromatic heterocycles. The van der Waals surface area contributed by atoms with Gasteiger partial charge in [-0.1, -0.05) is 37.6 Å². The fourth-order valence-corrected chi connectivity index (χ4v) is 2.43. The maximum Gasteiger partial charge on any atom is 0.265 e. The molecule has 24 heavy (non-hydrogen) atoms. The van der Waals surface area contributed by atoms with Crippen molar-refractivity contribution >= 4 is 23.2 Å². The van der Waals surface area contributed by atoms with Crippen molar-refractivity contribution in [1.29, 1.82) is 0 Å². The zero-order valence-electron chi connectivity index (χ0n) is 14.3. The van der Waals surface area contributed by atoms with Crippen LogP contribution in [0.3, 0.4) is 0 Å². The minimum atomic E-state index is -0.629. The Hall–Kier alpha value is -2.20. The molecule has 0 spiro atoms. The lowest BCUT2D eigenvalue weighted by Gasteiger charge is -2.16. The molecule has 2 rings (SSSR count). The van der Waals surface area contributed by atoms with Gasteiger partial charge in [-0.05, 0) is 48.7 Å². The van der Waals surface area contributed by atoms with Crippen molar-refractivity contribution in [1.82, 2.24) is 0 Å². The van der Waals surface area contributed by atoms with Crippen LogP contribution in [0.1, 0.15) is 32.3 Å². The van der Waals surface area contributed by atoms with Gasteiger partial charge in [-0.3, -0.25) is 4.79 Å². The third-order valence-electron chi connectivity index (χ3n) is 3.65.